The van der Waals surface area contributed by atoms with Crippen LogP contribution in [-0.4, -0.2) is 58.7 Å². The van der Waals surface area contributed by atoms with Gasteiger partial charge in [0.05, 0.1) is 52.5 Å². The van der Waals surface area contributed by atoms with Gasteiger partial charge in [0, 0.05) is 13.1 Å². The third-order valence-electron chi connectivity index (χ3n) is 6.99. The maximum absolute atomic E-state index is 13.7. The molecule has 3 aliphatic rings. The summed E-state index contributed by atoms with van der Waals surface area (Å²) in [7, 11) is 0. The van der Waals surface area contributed by atoms with Gasteiger partial charge in [0.1, 0.15) is 17.6 Å². The number of benzene rings is 1. The first kappa shape index (κ1) is 25.9. The molecule has 0 N–H and O–H groups in total. The lowest BCUT2D eigenvalue weighted by Crippen LogP contribution is -2.43. The van der Waals surface area contributed by atoms with Crippen molar-refractivity contribution in [3.05, 3.63) is 68.5 Å². The molecule has 0 saturated carbocycles. The topological polar surface area (TPSA) is 102 Å². The zero-order valence-electron chi connectivity index (χ0n) is 20.1. The normalized spacial score (nSPS) is 23.2. The lowest BCUT2D eigenvalue weighted by atomic mass is 9.87. The number of fused-ring (bicyclic) bond motifs is 2. The van der Waals surface area contributed by atoms with E-state index in [9.17, 15) is 32.3 Å². The molecule has 3 amide bonds. The van der Waals surface area contributed by atoms with Crippen LogP contribution in [0.25, 0.3) is 0 Å². The summed E-state index contributed by atoms with van der Waals surface area (Å²) in [6, 6.07) is 7.29. The van der Waals surface area contributed by atoms with Crippen molar-refractivity contribution >= 4 is 46.5 Å². The number of carbonyl (C=O) groups excluding carboxylic acids is 3. The number of anilines is 1. The highest BCUT2D eigenvalue weighted by atomic mass is 32.2. The molecule has 0 radical (unpaired) electrons. The first-order valence-corrected chi connectivity index (χ1v) is 13.7. The Hall–Kier alpha value is -3.36. The molecular formula is C25H20F3N3O6S2. The average Bonchev–Trinajstić information content (AvgIpc) is 3.61. The van der Waals surface area contributed by atoms with Gasteiger partial charge in [-0.05, 0) is 30.3 Å². The second-order valence-corrected chi connectivity index (χ2v) is 11.4. The molecule has 9 nitrogen and oxygen atoms in total. The van der Waals surface area contributed by atoms with E-state index in [0.29, 0.717) is 42.0 Å². The second-order valence-electron chi connectivity index (χ2n) is 9.23. The molecule has 2 saturated heterocycles. The Bertz CT molecular complexity index is 1510. The molecule has 3 aliphatic heterocycles. The predicted molar refractivity (Wildman–Crippen MR) is 134 cm³/mol. The number of thioether (sulfide) groups is 1. The standard InChI is InChI=1S/C25H20F3N3O6S2/c26-25(27,28)13-3-1-4-14(11-13)31-21(33)18-17(15-5-2-8-37-15)20-23(38-19(18)22(31)34)30(24(35)39-20)12-16(32)29-6-9-36-10-7-29/h1-5,8,11,17-19H,6-7,9-10,12H2. The van der Waals surface area contributed by atoms with Gasteiger partial charge in [-0.15, -0.1) is 0 Å². The Morgan fingerprint density at radius 2 is 1.82 bits per heavy atom. The second kappa shape index (κ2) is 9.68. The van der Waals surface area contributed by atoms with Gasteiger partial charge in [-0.25, -0.2) is 4.90 Å². The Kier molecular flexibility index (Phi) is 6.43. The van der Waals surface area contributed by atoms with E-state index in [1.807, 2.05) is 0 Å². The van der Waals surface area contributed by atoms with Crippen molar-refractivity contribution in [3.63, 3.8) is 0 Å². The first-order chi connectivity index (χ1) is 18.6. The molecule has 1 aromatic carbocycles. The molecule has 2 fully saturated rings. The van der Waals surface area contributed by atoms with E-state index in [0.717, 1.165) is 46.2 Å². The van der Waals surface area contributed by atoms with Gasteiger partial charge >= 0.3 is 11.0 Å². The van der Waals surface area contributed by atoms with Crippen LogP contribution in [0.4, 0.5) is 18.9 Å². The van der Waals surface area contributed by atoms with E-state index in [1.54, 1.807) is 17.0 Å². The van der Waals surface area contributed by atoms with Gasteiger partial charge < -0.3 is 14.1 Å². The molecule has 204 valence electrons. The van der Waals surface area contributed by atoms with E-state index < -0.39 is 45.5 Å². The van der Waals surface area contributed by atoms with Crippen molar-refractivity contribution in [1.29, 1.82) is 0 Å². The molecule has 3 unspecified atom stereocenters. The average molecular weight is 580 g/mol. The van der Waals surface area contributed by atoms with Crippen LogP contribution < -0.4 is 9.77 Å². The Morgan fingerprint density at radius 3 is 2.51 bits per heavy atom. The summed E-state index contributed by atoms with van der Waals surface area (Å²) in [6.07, 6.45) is -3.26. The maximum Gasteiger partial charge on any atom is 0.416 e. The van der Waals surface area contributed by atoms with Crippen LogP contribution in [0.3, 0.4) is 0 Å². The highest BCUT2D eigenvalue weighted by molar-refractivity contribution is 8.00. The van der Waals surface area contributed by atoms with Crippen molar-refractivity contribution < 1.29 is 36.7 Å². The fraction of sp³-hybridized carbons (Fsp3) is 0.360. The van der Waals surface area contributed by atoms with Crippen molar-refractivity contribution in [2.24, 2.45) is 5.92 Å². The monoisotopic (exact) mass is 579 g/mol. The van der Waals surface area contributed by atoms with Crippen molar-refractivity contribution in [3.8, 4) is 0 Å². The van der Waals surface area contributed by atoms with Gasteiger partial charge in [0.2, 0.25) is 17.7 Å². The van der Waals surface area contributed by atoms with Gasteiger partial charge in [-0.3, -0.25) is 23.7 Å². The number of halogens is 3. The molecule has 0 aliphatic carbocycles. The molecule has 39 heavy (non-hydrogen) atoms. The Balaban J connectivity index is 1.40. The molecular weight excluding hydrogens is 559 g/mol. The van der Waals surface area contributed by atoms with E-state index in [-0.39, 0.29) is 18.1 Å². The van der Waals surface area contributed by atoms with Crippen LogP contribution in [0.1, 0.15) is 22.1 Å². The summed E-state index contributed by atoms with van der Waals surface area (Å²) in [6.45, 7) is 1.32. The lowest BCUT2D eigenvalue weighted by molar-refractivity contribution is -0.138. The lowest BCUT2D eigenvalue weighted by Gasteiger charge is -2.30. The molecule has 0 spiro atoms. The number of thiazole rings is 1. The molecule has 5 heterocycles. The number of hydrogen-bond donors (Lipinski definition) is 0. The number of furan rings is 1. The number of carbonyl (C=O) groups is 3. The first-order valence-electron chi connectivity index (χ1n) is 12.0. The van der Waals surface area contributed by atoms with E-state index in [2.05, 4.69) is 0 Å². The molecule has 6 rings (SSSR count). The minimum absolute atomic E-state index is 0.184. The van der Waals surface area contributed by atoms with Crippen LogP contribution in [0, 0.1) is 5.92 Å². The van der Waals surface area contributed by atoms with Gasteiger partial charge in [0.25, 0.3) is 0 Å². The largest absolute Gasteiger partial charge is 0.469 e. The molecule has 14 heteroatoms. The molecule has 3 aromatic rings. The highest BCUT2D eigenvalue weighted by Gasteiger charge is 2.57. The number of alkyl halides is 3. The van der Waals surface area contributed by atoms with Crippen LogP contribution in [-0.2, 0) is 31.8 Å². The summed E-state index contributed by atoms with van der Waals surface area (Å²) < 4.78 is 52.3. The molecule has 3 atom stereocenters. The minimum atomic E-state index is -4.66. The van der Waals surface area contributed by atoms with Crippen LogP contribution in [0.5, 0.6) is 0 Å². The number of amides is 3. The minimum Gasteiger partial charge on any atom is -0.469 e. The van der Waals surface area contributed by atoms with Crippen LogP contribution in [0.2, 0.25) is 0 Å². The quantitative estimate of drug-likeness (QED) is 0.438. The number of hydrogen-bond acceptors (Lipinski definition) is 8. The SMILES string of the molecule is O=C(Cn1c2c(sc1=O)C(c1ccco1)C1C(=O)N(c3cccc(C(F)(F)F)c3)C(=O)C1S2)N1CCOCC1. The zero-order valence-corrected chi connectivity index (χ0v) is 21.7. The van der Waals surface area contributed by atoms with Gasteiger partial charge in [-0.2, -0.15) is 13.2 Å². The third kappa shape index (κ3) is 4.39. The van der Waals surface area contributed by atoms with Crippen molar-refractivity contribution in [2.45, 2.75) is 28.9 Å². The molecule has 0 bridgehead atoms. The number of nitrogens with zero attached hydrogens (tertiary/aromatic N) is 3. The summed E-state index contributed by atoms with van der Waals surface area (Å²) in [4.78, 5) is 55.9. The fourth-order valence-electron chi connectivity index (χ4n) is 5.15. The van der Waals surface area contributed by atoms with Gasteiger partial charge in [0.15, 0.2) is 0 Å². The van der Waals surface area contributed by atoms with Gasteiger partial charge in [-0.1, -0.05) is 29.2 Å². The number of morpholine rings is 1. The van der Waals surface area contributed by atoms with Crippen molar-refractivity contribution in [2.75, 3.05) is 31.2 Å². The van der Waals surface area contributed by atoms with Crippen LogP contribution >= 0.6 is 23.1 Å². The van der Waals surface area contributed by atoms with Crippen molar-refractivity contribution in [1.82, 2.24) is 9.47 Å². The van der Waals surface area contributed by atoms with E-state index in [4.69, 9.17) is 9.15 Å². The van der Waals surface area contributed by atoms with Crippen LogP contribution in [0.15, 0.2) is 56.9 Å². The van der Waals surface area contributed by atoms with E-state index >= 15 is 0 Å². The summed E-state index contributed by atoms with van der Waals surface area (Å²) in [5.74, 6) is -3.16. The highest BCUT2D eigenvalue weighted by Crippen LogP contribution is 2.54. The third-order valence-corrected chi connectivity index (χ3v) is 9.59. The fourth-order valence-corrected chi connectivity index (χ4v) is 7.91. The predicted octanol–water partition coefficient (Wildman–Crippen LogP) is 3.18. The number of aromatic nitrogens is 1. The Morgan fingerprint density at radius 1 is 1.05 bits per heavy atom. The smallest absolute Gasteiger partial charge is 0.416 e. The Labute approximate surface area is 227 Å². The number of rotatable bonds is 4. The maximum atomic E-state index is 13.7. The number of ether oxygens (including phenoxy) is 1. The summed E-state index contributed by atoms with van der Waals surface area (Å²) >= 11 is 1.85. The molecule has 2 aromatic heterocycles. The summed E-state index contributed by atoms with van der Waals surface area (Å²) in [5.41, 5.74) is -1.17. The summed E-state index contributed by atoms with van der Waals surface area (Å²) in [5, 5.41) is -0.658. The van der Waals surface area contributed by atoms with E-state index in [1.165, 1.54) is 16.9 Å². The number of imide groups is 1. The zero-order chi connectivity index (χ0) is 27.5.